The second-order valence-corrected chi connectivity index (χ2v) is 5.56. The number of halogens is 1. The van der Waals surface area contributed by atoms with Gasteiger partial charge in [0.25, 0.3) is 5.91 Å². The number of hydrogen-bond acceptors (Lipinski definition) is 4. The SMILES string of the molecule is O=C(CNC(=O)c1cc2cc(Cl)ccc2o1)OCc1ccccc1. The molecule has 122 valence electrons. The molecule has 6 heteroatoms. The molecule has 2 aromatic carbocycles. The lowest BCUT2D eigenvalue weighted by atomic mass is 10.2. The summed E-state index contributed by atoms with van der Waals surface area (Å²) in [5.41, 5.74) is 1.43. The predicted octanol–water partition coefficient (Wildman–Crippen LogP) is 3.56. The summed E-state index contributed by atoms with van der Waals surface area (Å²) in [7, 11) is 0. The van der Waals surface area contributed by atoms with E-state index in [4.69, 9.17) is 20.8 Å². The fourth-order valence-electron chi connectivity index (χ4n) is 2.15. The summed E-state index contributed by atoms with van der Waals surface area (Å²) in [5, 5.41) is 3.75. The van der Waals surface area contributed by atoms with Crippen LogP contribution in [0.2, 0.25) is 5.02 Å². The smallest absolute Gasteiger partial charge is 0.325 e. The maximum absolute atomic E-state index is 12.0. The summed E-state index contributed by atoms with van der Waals surface area (Å²) in [6.45, 7) is -0.0673. The molecule has 0 unspecified atom stereocenters. The topological polar surface area (TPSA) is 68.5 Å². The molecule has 0 saturated heterocycles. The Labute approximate surface area is 143 Å². The van der Waals surface area contributed by atoms with Crippen LogP contribution < -0.4 is 5.32 Å². The number of esters is 1. The van der Waals surface area contributed by atoms with E-state index in [9.17, 15) is 9.59 Å². The lowest BCUT2D eigenvalue weighted by Crippen LogP contribution is -2.30. The fourth-order valence-corrected chi connectivity index (χ4v) is 2.34. The largest absolute Gasteiger partial charge is 0.460 e. The lowest BCUT2D eigenvalue weighted by molar-refractivity contribution is -0.143. The molecule has 0 saturated carbocycles. The molecule has 1 N–H and O–H groups in total. The van der Waals surface area contributed by atoms with Crippen molar-refractivity contribution in [2.75, 3.05) is 6.54 Å². The van der Waals surface area contributed by atoms with Gasteiger partial charge in [-0.25, -0.2) is 0 Å². The van der Waals surface area contributed by atoms with Gasteiger partial charge in [0.1, 0.15) is 18.7 Å². The summed E-state index contributed by atoms with van der Waals surface area (Å²) in [6.07, 6.45) is 0. The van der Waals surface area contributed by atoms with E-state index in [1.807, 2.05) is 30.3 Å². The van der Waals surface area contributed by atoms with Crippen molar-refractivity contribution in [3.05, 3.63) is 70.9 Å². The summed E-state index contributed by atoms with van der Waals surface area (Å²) < 4.78 is 10.5. The highest BCUT2D eigenvalue weighted by molar-refractivity contribution is 6.31. The quantitative estimate of drug-likeness (QED) is 0.719. The third-order valence-electron chi connectivity index (χ3n) is 3.34. The minimum atomic E-state index is -0.522. The molecule has 1 aromatic heterocycles. The Morgan fingerprint density at radius 2 is 1.88 bits per heavy atom. The van der Waals surface area contributed by atoms with Crippen molar-refractivity contribution >= 4 is 34.4 Å². The zero-order valence-electron chi connectivity index (χ0n) is 12.6. The molecule has 0 spiro atoms. The highest BCUT2D eigenvalue weighted by Gasteiger charge is 2.14. The molecule has 3 rings (SSSR count). The number of carbonyl (C=O) groups is 2. The summed E-state index contributed by atoms with van der Waals surface area (Å²) in [6, 6.07) is 15.9. The number of hydrogen-bond donors (Lipinski definition) is 1. The zero-order chi connectivity index (χ0) is 16.9. The molecule has 3 aromatic rings. The number of amides is 1. The number of benzene rings is 2. The van der Waals surface area contributed by atoms with Crippen LogP contribution in [0, 0.1) is 0 Å². The fraction of sp³-hybridized carbons (Fsp3) is 0.111. The zero-order valence-corrected chi connectivity index (χ0v) is 13.4. The first kappa shape index (κ1) is 16.1. The minimum absolute atomic E-state index is 0.114. The van der Waals surface area contributed by atoms with Gasteiger partial charge >= 0.3 is 5.97 Å². The van der Waals surface area contributed by atoms with E-state index in [1.54, 1.807) is 24.3 Å². The van der Waals surface area contributed by atoms with E-state index < -0.39 is 11.9 Å². The van der Waals surface area contributed by atoms with Gasteiger partial charge in [-0.1, -0.05) is 41.9 Å². The molecule has 0 atom stereocenters. The number of furan rings is 1. The Balaban J connectivity index is 1.53. The first-order valence-corrected chi connectivity index (χ1v) is 7.66. The number of carbonyl (C=O) groups excluding carboxylic acids is 2. The van der Waals surface area contributed by atoms with Gasteiger partial charge in [-0.3, -0.25) is 9.59 Å². The molecule has 0 aliphatic carbocycles. The van der Waals surface area contributed by atoms with Crippen molar-refractivity contribution in [3.63, 3.8) is 0 Å². The molecule has 0 aliphatic rings. The Hall–Kier alpha value is -2.79. The molecule has 1 heterocycles. The number of rotatable bonds is 5. The van der Waals surface area contributed by atoms with Crippen LogP contribution >= 0.6 is 11.6 Å². The third-order valence-corrected chi connectivity index (χ3v) is 3.57. The van der Waals surface area contributed by atoms with Crippen LogP contribution in [0.1, 0.15) is 16.1 Å². The first-order chi connectivity index (χ1) is 11.6. The molecule has 0 fully saturated rings. The normalized spacial score (nSPS) is 10.5. The second-order valence-electron chi connectivity index (χ2n) is 5.12. The van der Waals surface area contributed by atoms with Gasteiger partial charge in [0.15, 0.2) is 5.76 Å². The van der Waals surface area contributed by atoms with Gasteiger partial charge in [-0.2, -0.15) is 0 Å². The molecule has 5 nitrogen and oxygen atoms in total. The van der Waals surface area contributed by atoms with Crippen molar-refractivity contribution < 1.29 is 18.7 Å². The molecular formula is C18H14ClNO4. The van der Waals surface area contributed by atoms with Crippen LogP contribution in [0.25, 0.3) is 11.0 Å². The molecule has 1 amide bonds. The van der Waals surface area contributed by atoms with Gasteiger partial charge in [-0.05, 0) is 29.8 Å². The van der Waals surface area contributed by atoms with Crippen LogP contribution in [0.5, 0.6) is 0 Å². The second kappa shape index (κ2) is 7.19. The Kier molecular flexibility index (Phi) is 4.82. The maximum atomic E-state index is 12.0. The van der Waals surface area contributed by atoms with Crippen LogP contribution in [0.15, 0.2) is 59.0 Å². The first-order valence-electron chi connectivity index (χ1n) is 7.29. The number of ether oxygens (including phenoxy) is 1. The monoisotopic (exact) mass is 343 g/mol. The van der Waals surface area contributed by atoms with E-state index in [-0.39, 0.29) is 18.9 Å². The standard InChI is InChI=1S/C18H14ClNO4/c19-14-6-7-15-13(8-14)9-16(24-15)18(22)20-10-17(21)23-11-12-4-2-1-3-5-12/h1-9H,10-11H2,(H,20,22). The van der Waals surface area contributed by atoms with E-state index in [1.165, 1.54) is 0 Å². The minimum Gasteiger partial charge on any atom is -0.460 e. The molecule has 0 bridgehead atoms. The summed E-state index contributed by atoms with van der Waals surface area (Å²) in [5.74, 6) is -0.895. The van der Waals surface area contributed by atoms with Crippen molar-refractivity contribution in [3.8, 4) is 0 Å². The number of fused-ring (bicyclic) bond motifs is 1. The average molecular weight is 344 g/mol. The molecular weight excluding hydrogens is 330 g/mol. The highest BCUT2D eigenvalue weighted by Crippen LogP contribution is 2.22. The van der Waals surface area contributed by atoms with Crippen LogP contribution in [-0.2, 0) is 16.1 Å². The third kappa shape index (κ3) is 3.94. The summed E-state index contributed by atoms with van der Waals surface area (Å²) >= 11 is 5.89. The Morgan fingerprint density at radius 1 is 1.08 bits per heavy atom. The van der Waals surface area contributed by atoms with Crippen molar-refractivity contribution in [1.82, 2.24) is 5.32 Å². The Morgan fingerprint density at radius 3 is 2.67 bits per heavy atom. The van der Waals surface area contributed by atoms with Gasteiger partial charge in [0.05, 0.1) is 0 Å². The van der Waals surface area contributed by atoms with Crippen LogP contribution in [-0.4, -0.2) is 18.4 Å². The maximum Gasteiger partial charge on any atom is 0.325 e. The van der Waals surface area contributed by atoms with Crippen LogP contribution in [0.3, 0.4) is 0 Å². The lowest BCUT2D eigenvalue weighted by Gasteiger charge is -2.05. The summed E-state index contributed by atoms with van der Waals surface area (Å²) in [4.78, 5) is 23.7. The van der Waals surface area contributed by atoms with Crippen molar-refractivity contribution in [1.29, 1.82) is 0 Å². The van der Waals surface area contributed by atoms with E-state index in [0.717, 1.165) is 10.9 Å². The van der Waals surface area contributed by atoms with Gasteiger partial charge in [-0.15, -0.1) is 0 Å². The predicted molar refractivity (Wildman–Crippen MR) is 89.8 cm³/mol. The Bertz CT molecular complexity index is 873. The van der Waals surface area contributed by atoms with Gasteiger partial charge < -0.3 is 14.5 Å². The molecule has 0 aliphatic heterocycles. The van der Waals surface area contributed by atoms with Crippen molar-refractivity contribution in [2.45, 2.75) is 6.61 Å². The number of nitrogens with one attached hydrogen (secondary N) is 1. The van der Waals surface area contributed by atoms with E-state index in [2.05, 4.69) is 5.32 Å². The molecule has 24 heavy (non-hydrogen) atoms. The van der Waals surface area contributed by atoms with Gasteiger partial charge in [0.2, 0.25) is 0 Å². The highest BCUT2D eigenvalue weighted by atomic mass is 35.5. The van der Waals surface area contributed by atoms with E-state index in [0.29, 0.717) is 10.6 Å². The average Bonchev–Trinajstić information content (AvgIpc) is 3.02. The van der Waals surface area contributed by atoms with Gasteiger partial charge in [0, 0.05) is 10.4 Å². The van der Waals surface area contributed by atoms with E-state index >= 15 is 0 Å². The molecule has 0 radical (unpaired) electrons. The van der Waals surface area contributed by atoms with Crippen molar-refractivity contribution in [2.24, 2.45) is 0 Å². The van der Waals surface area contributed by atoms with Crippen LogP contribution in [0.4, 0.5) is 0 Å².